The first kappa shape index (κ1) is 16.6. The molecule has 118 valence electrons. The highest BCUT2D eigenvalue weighted by atomic mass is 35.5. The highest BCUT2D eigenvalue weighted by Gasteiger charge is 2.22. The summed E-state index contributed by atoms with van der Waals surface area (Å²) >= 11 is 5.87. The maximum atomic E-state index is 9.80. The monoisotopic (exact) mass is 312 g/mol. The molecule has 1 aromatic carbocycles. The maximum Gasteiger partial charge on any atom is 0.138 e. The third-order valence-electron chi connectivity index (χ3n) is 4.14. The van der Waals surface area contributed by atoms with Gasteiger partial charge in [-0.3, -0.25) is 4.90 Å². The normalized spacial score (nSPS) is 19.2. The van der Waals surface area contributed by atoms with Gasteiger partial charge in [-0.25, -0.2) is 0 Å². The Labute approximate surface area is 131 Å². The fraction of sp³-hybridized carbons (Fsp3) is 0.625. The number of unbranched alkanes of at least 4 members (excludes halogenated alkanes) is 1. The summed E-state index contributed by atoms with van der Waals surface area (Å²) in [5.74, 6) is 0.175. The Balaban J connectivity index is 1.59. The number of phenols is 1. The number of hydrogen-bond acceptors (Lipinski definition) is 4. The van der Waals surface area contributed by atoms with Gasteiger partial charge in [0.25, 0.3) is 0 Å². The zero-order valence-corrected chi connectivity index (χ0v) is 13.1. The Hall–Kier alpha value is -0.810. The van der Waals surface area contributed by atoms with Crippen LogP contribution in [-0.2, 0) is 6.54 Å². The first-order valence-corrected chi connectivity index (χ1v) is 8.12. The van der Waals surface area contributed by atoms with Crippen LogP contribution in [0.15, 0.2) is 18.2 Å². The number of aliphatic hydroxyl groups is 1. The van der Waals surface area contributed by atoms with Crippen LogP contribution in [-0.4, -0.2) is 47.4 Å². The molecule has 5 heteroatoms. The molecule has 1 saturated heterocycles. The van der Waals surface area contributed by atoms with E-state index in [1.165, 1.54) is 6.42 Å². The van der Waals surface area contributed by atoms with E-state index < -0.39 is 0 Å². The zero-order chi connectivity index (χ0) is 15.1. The number of nitrogens with one attached hydrogen (secondary N) is 1. The first-order chi connectivity index (χ1) is 10.2. The van der Waals surface area contributed by atoms with E-state index in [1.807, 2.05) is 12.1 Å². The molecule has 21 heavy (non-hydrogen) atoms. The molecule has 2 rings (SSSR count). The molecule has 0 amide bonds. The van der Waals surface area contributed by atoms with E-state index in [1.54, 1.807) is 6.07 Å². The zero-order valence-electron chi connectivity index (χ0n) is 12.4. The van der Waals surface area contributed by atoms with Crippen LogP contribution in [0.3, 0.4) is 0 Å². The predicted octanol–water partition coefficient (Wildman–Crippen LogP) is 2.37. The molecular weight excluding hydrogens is 288 g/mol. The van der Waals surface area contributed by atoms with Gasteiger partial charge < -0.3 is 15.5 Å². The first-order valence-electron chi connectivity index (χ1n) is 7.74. The van der Waals surface area contributed by atoms with E-state index in [9.17, 15) is 10.2 Å². The van der Waals surface area contributed by atoms with Gasteiger partial charge in [0.2, 0.25) is 0 Å². The second-order valence-corrected chi connectivity index (χ2v) is 6.05. The van der Waals surface area contributed by atoms with Crippen LogP contribution in [0.4, 0.5) is 0 Å². The molecule has 1 aliphatic heterocycles. The lowest BCUT2D eigenvalue weighted by atomic mass is 10.2. The lowest BCUT2D eigenvalue weighted by molar-refractivity contribution is 0.157. The van der Waals surface area contributed by atoms with E-state index in [2.05, 4.69) is 10.2 Å². The number of likely N-dealkylation sites (tertiary alicyclic amines) is 1. The number of para-hydroxylation sites is 1. The van der Waals surface area contributed by atoms with Gasteiger partial charge in [0.15, 0.2) is 0 Å². The summed E-state index contributed by atoms with van der Waals surface area (Å²) in [6.45, 7) is 4.02. The maximum absolute atomic E-state index is 9.80. The summed E-state index contributed by atoms with van der Waals surface area (Å²) in [4.78, 5) is 2.39. The fourth-order valence-corrected chi connectivity index (χ4v) is 3.08. The Kier molecular flexibility index (Phi) is 6.77. The van der Waals surface area contributed by atoms with Crippen molar-refractivity contribution in [2.24, 2.45) is 0 Å². The van der Waals surface area contributed by atoms with Crippen molar-refractivity contribution in [3.8, 4) is 5.75 Å². The van der Waals surface area contributed by atoms with E-state index in [0.29, 0.717) is 17.6 Å². The van der Waals surface area contributed by atoms with Crippen molar-refractivity contribution in [1.82, 2.24) is 10.2 Å². The summed E-state index contributed by atoms with van der Waals surface area (Å²) in [7, 11) is 0. The number of aromatic hydroxyl groups is 1. The molecule has 1 fully saturated rings. The number of rotatable bonds is 8. The van der Waals surface area contributed by atoms with E-state index in [-0.39, 0.29) is 12.4 Å². The van der Waals surface area contributed by atoms with Crippen LogP contribution >= 0.6 is 11.6 Å². The summed E-state index contributed by atoms with van der Waals surface area (Å²) in [6, 6.07) is 5.79. The summed E-state index contributed by atoms with van der Waals surface area (Å²) < 4.78 is 0. The van der Waals surface area contributed by atoms with Crippen LogP contribution in [0.1, 0.15) is 31.2 Å². The molecule has 1 aromatic rings. The van der Waals surface area contributed by atoms with Gasteiger partial charge >= 0.3 is 0 Å². The third-order valence-corrected chi connectivity index (χ3v) is 4.45. The summed E-state index contributed by atoms with van der Waals surface area (Å²) in [5.41, 5.74) is 0.836. The molecule has 0 saturated carbocycles. The van der Waals surface area contributed by atoms with E-state index >= 15 is 0 Å². The third kappa shape index (κ3) is 4.85. The molecule has 0 aromatic heterocycles. The molecule has 0 bridgehead atoms. The molecule has 1 atom stereocenters. The SMILES string of the molecule is OCC1CCCN1CCCCNCc1cccc(Cl)c1O. The molecule has 0 spiro atoms. The number of nitrogens with zero attached hydrogens (tertiary/aromatic N) is 1. The van der Waals surface area contributed by atoms with Gasteiger partial charge in [-0.05, 0) is 51.4 Å². The van der Waals surface area contributed by atoms with Gasteiger partial charge in [0, 0.05) is 18.2 Å². The van der Waals surface area contributed by atoms with Crippen molar-refractivity contribution < 1.29 is 10.2 Å². The molecule has 4 nitrogen and oxygen atoms in total. The van der Waals surface area contributed by atoms with Crippen LogP contribution in [0.25, 0.3) is 0 Å². The van der Waals surface area contributed by atoms with E-state index in [4.69, 9.17) is 11.6 Å². The molecule has 1 aliphatic rings. The minimum atomic E-state index is 0.175. The topological polar surface area (TPSA) is 55.7 Å². The van der Waals surface area contributed by atoms with Crippen molar-refractivity contribution in [1.29, 1.82) is 0 Å². The Morgan fingerprint density at radius 1 is 1.33 bits per heavy atom. The second-order valence-electron chi connectivity index (χ2n) is 5.65. The van der Waals surface area contributed by atoms with Crippen molar-refractivity contribution in [2.75, 3.05) is 26.2 Å². The molecule has 0 radical (unpaired) electrons. The number of benzene rings is 1. The number of hydrogen-bond donors (Lipinski definition) is 3. The average Bonchev–Trinajstić information content (AvgIpc) is 2.94. The van der Waals surface area contributed by atoms with Crippen molar-refractivity contribution in [3.63, 3.8) is 0 Å². The Morgan fingerprint density at radius 2 is 2.19 bits per heavy atom. The van der Waals surface area contributed by atoms with Gasteiger partial charge in [-0.15, -0.1) is 0 Å². The highest BCUT2D eigenvalue weighted by Crippen LogP contribution is 2.26. The van der Waals surface area contributed by atoms with Gasteiger partial charge in [0.1, 0.15) is 5.75 Å². The lowest BCUT2D eigenvalue weighted by Crippen LogP contribution is -2.33. The Bertz CT molecular complexity index is 442. The smallest absolute Gasteiger partial charge is 0.138 e. The van der Waals surface area contributed by atoms with Crippen LogP contribution in [0, 0.1) is 0 Å². The van der Waals surface area contributed by atoms with Crippen LogP contribution < -0.4 is 5.32 Å². The predicted molar refractivity (Wildman–Crippen MR) is 85.7 cm³/mol. The van der Waals surface area contributed by atoms with Gasteiger partial charge in [-0.2, -0.15) is 0 Å². The number of halogens is 1. The summed E-state index contributed by atoms with van der Waals surface area (Å²) in [6.07, 6.45) is 4.56. The highest BCUT2D eigenvalue weighted by molar-refractivity contribution is 6.32. The van der Waals surface area contributed by atoms with Crippen LogP contribution in [0.2, 0.25) is 5.02 Å². The minimum absolute atomic E-state index is 0.175. The quantitative estimate of drug-likeness (QED) is 0.645. The van der Waals surface area contributed by atoms with Crippen molar-refractivity contribution in [2.45, 2.75) is 38.3 Å². The average molecular weight is 313 g/mol. The van der Waals surface area contributed by atoms with Gasteiger partial charge in [0.05, 0.1) is 11.6 Å². The lowest BCUT2D eigenvalue weighted by Gasteiger charge is -2.22. The second kappa shape index (κ2) is 8.59. The number of phenolic OH excluding ortho intramolecular Hbond substituents is 1. The molecule has 3 N–H and O–H groups in total. The van der Waals surface area contributed by atoms with Crippen LogP contribution in [0.5, 0.6) is 5.75 Å². The summed E-state index contributed by atoms with van der Waals surface area (Å²) in [5, 5.41) is 22.8. The van der Waals surface area contributed by atoms with Crippen molar-refractivity contribution in [3.05, 3.63) is 28.8 Å². The minimum Gasteiger partial charge on any atom is -0.506 e. The molecular formula is C16H25ClN2O2. The largest absolute Gasteiger partial charge is 0.506 e. The van der Waals surface area contributed by atoms with Crippen molar-refractivity contribution >= 4 is 11.6 Å². The van der Waals surface area contributed by atoms with Gasteiger partial charge in [-0.1, -0.05) is 23.7 Å². The molecule has 1 unspecified atom stereocenters. The number of aliphatic hydroxyl groups excluding tert-OH is 1. The molecule has 1 heterocycles. The standard InChI is InChI=1S/C16H25ClN2O2/c17-15-7-3-5-13(16(15)21)11-18-8-1-2-9-19-10-4-6-14(19)12-20/h3,5,7,14,18,20-21H,1-2,4,6,8-12H2. The Morgan fingerprint density at radius 3 is 3.00 bits per heavy atom. The van der Waals surface area contributed by atoms with E-state index in [0.717, 1.165) is 44.5 Å². The molecule has 0 aliphatic carbocycles. The fourth-order valence-electron chi connectivity index (χ4n) is 2.89.